The van der Waals surface area contributed by atoms with Crippen LogP contribution in [-0.4, -0.2) is 42.0 Å². The average Bonchev–Trinajstić information content (AvgIpc) is 2.57. The monoisotopic (exact) mass is 330 g/mol. The van der Waals surface area contributed by atoms with Crippen molar-refractivity contribution >= 4 is 29.3 Å². The Hall–Kier alpha value is -2.31. The molecule has 23 heavy (non-hydrogen) atoms. The van der Waals surface area contributed by atoms with Crippen LogP contribution in [0, 0.1) is 0 Å². The van der Waals surface area contributed by atoms with E-state index in [1.165, 1.54) is 23.7 Å². The van der Waals surface area contributed by atoms with Gasteiger partial charge in [0.15, 0.2) is 0 Å². The van der Waals surface area contributed by atoms with E-state index in [4.69, 9.17) is 5.11 Å². The molecule has 0 unspecified atom stereocenters. The molecule has 0 saturated carbocycles. The molecule has 2 rings (SSSR count). The fourth-order valence-electron chi connectivity index (χ4n) is 1.88. The quantitative estimate of drug-likeness (QED) is 0.825. The first-order valence-corrected chi connectivity index (χ1v) is 7.92. The van der Waals surface area contributed by atoms with Crippen molar-refractivity contribution in [3.63, 3.8) is 0 Å². The Balaban J connectivity index is 2.11. The van der Waals surface area contributed by atoms with Crippen molar-refractivity contribution in [2.75, 3.05) is 25.5 Å². The number of carbonyl (C=O) groups excluding carboxylic acids is 2. The SMILES string of the molecule is CN(CCO)C(=O)C(=O)Nc1ccccc1Sc1ccccc1. The van der Waals surface area contributed by atoms with Gasteiger partial charge in [-0.2, -0.15) is 0 Å². The number of nitrogens with zero attached hydrogens (tertiary/aromatic N) is 1. The van der Waals surface area contributed by atoms with Crippen molar-refractivity contribution < 1.29 is 14.7 Å². The molecule has 0 saturated heterocycles. The standard InChI is InChI=1S/C17H18N2O3S/c1-19(11-12-20)17(22)16(21)18-14-9-5-6-10-15(14)23-13-7-3-2-4-8-13/h2-10,20H,11-12H2,1H3,(H,18,21). The molecule has 2 aromatic rings. The van der Waals surface area contributed by atoms with Crippen LogP contribution in [-0.2, 0) is 9.59 Å². The van der Waals surface area contributed by atoms with E-state index in [0.29, 0.717) is 5.69 Å². The van der Waals surface area contributed by atoms with Gasteiger partial charge in [-0.1, -0.05) is 42.1 Å². The van der Waals surface area contributed by atoms with Gasteiger partial charge < -0.3 is 15.3 Å². The van der Waals surface area contributed by atoms with E-state index in [2.05, 4.69) is 5.32 Å². The molecule has 0 radical (unpaired) electrons. The molecule has 120 valence electrons. The lowest BCUT2D eigenvalue weighted by Crippen LogP contribution is -2.38. The van der Waals surface area contributed by atoms with Crippen molar-refractivity contribution in [2.45, 2.75) is 9.79 Å². The van der Waals surface area contributed by atoms with E-state index in [-0.39, 0.29) is 13.2 Å². The third-order valence-corrected chi connectivity index (χ3v) is 4.17. The second-order valence-corrected chi connectivity index (χ2v) is 5.93. The second kappa shape index (κ2) is 8.36. The Morgan fingerprint density at radius 1 is 1.09 bits per heavy atom. The smallest absolute Gasteiger partial charge is 0.313 e. The molecule has 6 heteroatoms. The van der Waals surface area contributed by atoms with Gasteiger partial charge in [-0.05, 0) is 24.3 Å². The molecular formula is C17H18N2O3S. The number of nitrogens with one attached hydrogen (secondary N) is 1. The molecule has 5 nitrogen and oxygen atoms in total. The molecule has 2 amide bonds. The third kappa shape index (κ3) is 4.84. The number of para-hydroxylation sites is 1. The molecule has 0 aromatic heterocycles. The summed E-state index contributed by atoms with van der Waals surface area (Å²) in [5, 5.41) is 11.5. The minimum Gasteiger partial charge on any atom is -0.395 e. The van der Waals surface area contributed by atoms with E-state index in [0.717, 1.165) is 9.79 Å². The predicted molar refractivity (Wildman–Crippen MR) is 90.4 cm³/mol. The Morgan fingerprint density at radius 3 is 2.43 bits per heavy atom. The lowest BCUT2D eigenvalue weighted by atomic mass is 10.3. The van der Waals surface area contributed by atoms with Crippen LogP contribution in [0.4, 0.5) is 5.69 Å². The zero-order valence-corrected chi connectivity index (χ0v) is 13.5. The second-order valence-electron chi connectivity index (χ2n) is 4.82. The lowest BCUT2D eigenvalue weighted by molar-refractivity contribution is -0.142. The molecule has 0 aliphatic rings. The van der Waals surface area contributed by atoms with Gasteiger partial charge in [-0.25, -0.2) is 0 Å². The zero-order chi connectivity index (χ0) is 16.7. The van der Waals surface area contributed by atoms with Gasteiger partial charge in [0.2, 0.25) is 0 Å². The summed E-state index contributed by atoms with van der Waals surface area (Å²) in [6.07, 6.45) is 0. The summed E-state index contributed by atoms with van der Waals surface area (Å²) in [6.45, 7) is -0.0668. The summed E-state index contributed by atoms with van der Waals surface area (Å²) in [5.41, 5.74) is 0.581. The van der Waals surface area contributed by atoms with Gasteiger partial charge >= 0.3 is 11.8 Å². The number of likely N-dealkylation sites (N-methyl/N-ethyl adjacent to an activating group) is 1. The van der Waals surface area contributed by atoms with Crippen LogP contribution in [0.3, 0.4) is 0 Å². The van der Waals surface area contributed by atoms with Crippen LogP contribution in [0.2, 0.25) is 0 Å². The summed E-state index contributed by atoms with van der Waals surface area (Å²) in [5.74, 6) is -1.40. The molecule has 0 aliphatic heterocycles. The highest BCUT2D eigenvalue weighted by atomic mass is 32.2. The minimum atomic E-state index is -0.720. The Labute approximate surface area is 139 Å². The molecule has 0 fully saturated rings. The van der Waals surface area contributed by atoms with E-state index < -0.39 is 11.8 Å². The molecule has 0 spiro atoms. The number of hydrogen-bond acceptors (Lipinski definition) is 4. The summed E-state index contributed by atoms with van der Waals surface area (Å²) < 4.78 is 0. The Kier molecular flexibility index (Phi) is 6.19. The van der Waals surface area contributed by atoms with Crippen LogP contribution in [0.25, 0.3) is 0 Å². The van der Waals surface area contributed by atoms with Crippen LogP contribution in [0.15, 0.2) is 64.4 Å². The van der Waals surface area contributed by atoms with Gasteiger partial charge in [0.25, 0.3) is 0 Å². The number of carbonyl (C=O) groups is 2. The maximum Gasteiger partial charge on any atom is 0.313 e. The first-order valence-electron chi connectivity index (χ1n) is 7.11. The van der Waals surface area contributed by atoms with Crippen LogP contribution >= 0.6 is 11.8 Å². The van der Waals surface area contributed by atoms with E-state index in [1.807, 2.05) is 42.5 Å². The van der Waals surface area contributed by atoms with Crippen molar-refractivity contribution in [1.82, 2.24) is 4.90 Å². The number of rotatable bonds is 5. The summed E-state index contributed by atoms with van der Waals surface area (Å²) in [7, 11) is 1.47. The molecule has 2 N–H and O–H groups in total. The predicted octanol–water partition coefficient (Wildman–Crippen LogP) is 2.23. The fraction of sp³-hybridized carbons (Fsp3) is 0.176. The van der Waals surface area contributed by atoms with Crippen molar-refractivity contribution in [2.24, 2.45) is 0 Å². The molecule has 2 aromatic carbocycles. The first kappa shape index (κ1) is 17.1. The topological polar surface area (TPSA) is 69.6 Å². The number of aliphatic hydroxyl groups is 1. The molecule has 0 atom stereocenters. The van der Waals surface area contributed by atoms with Gasteiger partial charge in [0.1, 0.15) is 0 Å². The first-order chi connectivity index (χ1) is 11.1. The normalized spacial score (nSPS) is 10.2. The maximum atomic E-state index is 12.0. The molecular weight excluding hydrogens is 312 g/mol. The van der Waals surface area contributed by atoms with Gasteiger partial charge in [-0.15, -0.1) is 0 Å². The molecule has 0 bridgehead atoms. The fourth-order valence-corrected chi connectivity index (χ4v) is 2.80. The van der Waals surface area contributed by atoms with Gasteiger partial charge in [0, 0.05) is 23.4 Å². The number of aliphatic hydroxyl groups excluding tert-OH is 1. The van der Waals surface area contributed by atoms with Gasteiger partial charge in [0.05, 0.1) is 12.3 Å². The summed E-state index contributed by atoms with van der Waals surface area (Å²) in [4.78, 5) is 27.0. The van der Waals surface area contributed by atoms with Gasteiger partial charge in [-0.3, -0.25) is 9.59 Å². The number of benzene rings is 2. The number of anilines is 1. The Morgan fingerprint density at radius 2 is 1.74 bits per heavy atom. The largest absolute Gasteiger partial charge is 0.395 e. The van der Waals surface area contributed by atoms with Crippen LogP contribution < -0.4 is 5.32 Å². The van der Waals surface area contributed by atoms with E-state index >= 15 is 0 Å². The minimum absolute atomic E-state index is 0.118. The third-order valence-electron chi connectivity index (χ3n) is 3.08. The van der Waals surface area contributed by atoms with Crippen molar-refractivity contribution in [3.05, 3.63) is 54.6 Å². The molecule has 0 heterocycles. The molecule has 0 aliphatic carbocycles. The Bertz CT molecular complexity index is 677. The highest BCUT2D eigenvalue weighted by molar-refractivity contribution is 7.99. The maximum absolute atomic E-state index is 12.0. The van der Waals surface area contributed by atoms with Crippen LogP contribution in [0.1, 0.15) is 0 Å². The number of hydrogen-bond donors (Lipinski definition) is 2. The highest BCUT2D eigenvalue weighted by Gasteiger charge is 2.19. The highest BCUT2D eigenvalue weighted by Crippen LogP contribution is 2.33. The van der Waals surface area contributed by atoms with E-state index in [9.17, 15) is 9.59 Å². The number of amides is 2. The zero-order valence-electron chi connectivity index (χ0n) is 12.7. The average molecular weight is 330 g/mol. The van der Waals surface area contributed by atoms with Crippen molar-refractivity contribution in [1.29, 1.82) is 0 Å². The van der Waals surface area contributed by atoms with E-state index in [1.54, 1.807) is 12.1 Å². The van der Waals surface area contributed by atoms with Crippen molar-refractivity contribution in [3.8, 4) is 0 Å². The lowest BCUT2D eigenvalue weighted by Gasteiger charge is -2.16. The van der Waals surface area contributed by atoms with Crippen LogP contribution in [0.5, 0.6) is 0 Å². The summed E-state index contributed by atoms with van der Waals surface area (Å²) >= 11 is 1.51. The summed E-state index contributed by atoms with van der Waals surface area (Å²) in [6, 6.07) is 17.1.